The highest BCUT2D eigenvalue weighted by molar-refractivity contribution is 6.33. The second-order valence-electron chi connectivity index (χ2n) is 6.81. The Morgan fingerprint density at radius 2 is 1.66 bits per heavy atom. The number of carbonyl (C=O) groups excluding carboxylic acids is 1. The van der Waals surface area contributed by atoms with Gasteiger partial charge in [-0.2, -0.15) is 0 Å². The lowest BCUT2D eigenvalue weighted by Gasteiger charge is -2.06. The smallest absolute Gasteiger partial charge is 0.256 e. The number of hydrogen-bond acceptors (Lipinski definition) is 2. The molecule has 1 amide bonds. The molecule has 0 aliphatic rings. The van der Waals surface area contributed by atoms with Gasteiger partial charge in [0.05, 0.1) is 5.52 Å². The van der Waals surface area contributed by atoms with Crippen molar-refractivity contribution in [3.8, 4) is 11.3 Å². The summed E-state index contributed by atoms with van der Waals surface area (Å²) in [5, 5.41) is 5.60. The summed E-state index contributed by atoms with van der Waals surface area (Å²) >= 11 is 6.31. The summed E-state index contributed by atoms with van der Waals surface area (Å²) in [7, 11) is 0. The molecule has 0 aliphatic heterocycles. The first-order chi connectivity index (χ1) is 14.2. The number of pyridine rings is 1. The Hall–Kier alpha value is -3.63. The fraction of sp³-hybridized carbons (Fsp3) is 0. The number of amides is 1. The van der Waals surface area contributed by atoms with E-state index >= 15 is 0 Å². The highest BCUT2D eigenvalue weighted by Gasteiger charge is 2.11. The molecular weight excluding hydrogens is 382 g/mol. The van der Waals surface area contributed by atoms with E-state index < -0.39 is 0 Å². The second kappa shape index (κ2) is 7.08. The van der Waals surface area contributed by atoms with Crippen LogP contribution in [-0.2, 0) is 0 Å². The van der Waals surface area contributed by atoms with E-state index in [1.54, 1.807) is 0 Å². The average Bonchev–Trinajstić information content (AvgIpc) is 3.17. The van der Waals surface area contributed by atoms with Crippen LogP contribution in [0, 0.1) is 0 Å². The van der Waals surface area contributed by atoms with Gasteiger partial charge in [0.15, 0.2) is 0 Å². The van der Waals surface area contributed by atoms with Gasteiger partial charge in [-0.3, -0.25) is 4.79 Å². The number of aromatic amines is 1. The van der Waals surface area contributed by atoms with E-state index in [1.165, 1.54) is 0 Å². The van der Waals surface area contributed by atoms with Crippen molar-refractivity contribution in [2.24, 2.45) is 0 Å². The predicted molar refractivity (Wildman–Crippen MR) is 118 cm³/mol. The van der Waals surface area contributed by atoms with E-state index in [1.807, 2.05) is 84.9 Å². The van der Waals surface area contributed by atoms with Crippen molar-refractivity contribution in [3.05, 3.63) is 95.5 Å². The van der Waals surface area contributed by atoms with E-state index in [0.717, 1.165) is 33.1 Å². The lowest BCUT2D eigenvalue weighted by atomic mass is 10.1. The molecule has 5 heteroatoms. The Balaban J connectivity index is 1.44. The van der Waals surface area contributed by atoms with E-state index in [-0.39, 0.29) is 5.91 Å². The predicted octanol–water partition coefficient (Wildman–Crippen LogP) is 6.29. The van der Waals surface area contributed by atoms with Gasteiger partial charge >= 0.3 is 0 Å². The fourth-order valence-corrected chi connectivity index (χ4v) is 3.65. The molecule has 0 atom stereocenters. The van der Waals surface area contributed by atoms with Gasteiger partial charge in [0.25, 0.3) is 5.91 Å². The standard InChI is InChI=1S/C24H16ClN3O/c25-19-7-3-2-6-18(19)22-13-16-9-10-17(14-21(16)26-22)24(29)28-23-12-11-15-5-1-4-8-20(15)27-23/h1-14,26H,(H,27,28,29). The minimum absolute atomic E-state index is 0.205. The van der Waals surface area contributed by atoms with Crippen molar-refractivity contribution in [3.63, 3.8) is 0 Å². The van der Waals surface area contributed by atoms with Crippen molar-refractivity contribution in [1.29, 1.82) is 0 Å². The minimum atomic E-state index is -0.205. The van der Waals surface area contributed by atoms with Gasteiger partial charge in [-0.05, 0) is 42.5 Å². The number of nitrogens with zero attached hydrogens (tertiary/aromatic N) is 1. The number of halogens is 1. The van der Waals surface area contributed by atoms with Crippen molar-refractivity contribution in [2.75, 3.05) is 5.32 Å². The normalized spacial score (nSPS) is 11.1. The van der Waals surface area contributed by atoms with Crippen LogP contribution in [0.3, 0.4) is 0 Å². The second-order valence-corrected chi connectivity index (χ2v) is 7.22. The minimum Gasteiger partial charge on any atom is -0.354 e. The van der Waals surface area contributed by atoms with Crippen LogP contribution in [0.1, 0.15) is 10.4 Å². The number of aromatic nitrogens is 2. The molecule has 5 aromatic rings. The molecule has 0 spiro atoms. The number of rotatable bonds is 3. The van der Waals surface area contributed by atoms with Gasteiger partial charge < -0.3 is 10.3 Å². The average molecular weight is 398 g/mol. The molecule has 2 aromatic heterocycles. The molecule has 0 unspecified atom stereocenters. The van der Waals surface area contributed by atoms with Gasteiger partial charge in [0.1, 0.15) is 5.82 Å². The first-order valence-corrected chi connectivity index (χ1v) is 9.60. The van der Waals surface area contributed by atoms with E-state index in [4.69, 9.17) is 11.6 Å². The molecule has 5 rings (SSSR count). The molecule has 0 bridgehead atoms. The Morgan fingerprint density at radius 3 is 2.55 bits per heavy atom. The molecule has 2 heterocycles. The maximum atomic E-state index is 12.7. The van der Waals surface area contributed by atoms with Crippen LogP contribution in [0.2, 0.25) is 5.02 Å². The topological polar surface area (TPSA) is 57.8 Å². The zero-order valence-electron chi connectivity index (χ0n) is 15.3. The maximum absolute atomic E-state index is 12.7. The van der Waals surface area contributed by atoms with Crippen molar-refractivity contribution >= 4 is 45.1 Å². The van der Waals surface area contributed by atoms with Gasteiger partial charge in [-0.25, -0.2) is 4.98 Å². The highest BCUT2D eigenvalue weighted by Crippen LogP contribution is 2.30. The molecule has 0 saturated carbocycles. The van der Waals surface area contributed by atoms with Crippen molar-refractivity contribution in [1.82, 2.24) is 9.97 Å². The van der Waals surface area contributed by atoms with Gasteiger partial charge in [0.2, 0.25) is 0 Å². The third-order valence-corrected chi connectivity index (χ3v) is 5.22. The summed E-state index contributed by atoms with van der Waals surface area (Å²) in [5.41, 5.74) is 4.12. The molecule has 0 aliphatic carbocycles. The third-order valence-electron chi connectivity index (χ3n) is 4.89. The lowest BCUT2D eigenvalue weighted by Crippen LogP contribution is -2.12. The highest BCUT2D eigenvalue weighted by atomic mass is 35.5. The zero-order valence-corrected chi connectivity index (χ0v) is 16.1. The third kappa shape index (κ3) is 3.35. The van der Waals surface area contributed by atoms with E-state index in [0.29, 0.717) is 16.4 Å². The van der Waals surface area contributed by atoms with Gasteiger partial charge in [-0.15, -0.1) is 0 Å². The molecule has 29 heavy (non-hydrogen) atoms. The van der Waals surface area contributed by atoms with E-state index in [9.17, 15) is 4.79 Å². The van der Waals surface area contributed by atoms with Crippen LogP contribution in [-0.4, -0.2) is 15.9 Å². The van der Waals surface area contributed by atoms with Crippen LogP contribution in [0.25, 0.3) is 33.1 Å². The number of para-hydroxylation sites is 1. The Kier molecular flexibility index (Phi) is 4.26. The van der Waals surface area contributed by atoms with Crippen LogP contribution in [0.5, 0.6) is 0 Å². The number of hydrogen-bond donors (Lipinski definition) is 2. The number of carbonyl (C=O) groups is 1. The zero-order chi connectivity index (χ0) is 19.8. The quantitative estimate of drug-likeness (QED) is 0.376. The van der Waals surface area contributed by atoms with Crippen molar-refractivity contribution in [2.45, 2.75) is 0 Å². The summed E-state index contributed by atoms with van der Waals surface area (Å²) in [5.74, 6) is 0.320. The molecule has 0 fully saturated rings. The van der Waals surface area contributed by atoms with Gasteiger partial charge in [0, 0.05) is 38.1 Å². The number of benzene rings is 3. The van der Waals surface area contributed by atoms with Crippen LogP contribution in [0.15, 0.2) is 84.9 Å². The number of H-pyrrole nitrogens is 1. The molecule has 3 aromatic carbocycles. The summed E-state index contributed by atoms with van der Waals surface area (Å²) < 4.78 is 0. The Bertz CT molecular complexity index is 1370. The van der Waals surface area contributed by atoms with Gasteiger partial charge in [-0.1, -0.05) is 54.1 Å². The van der Waals surface area contributed by atoms with E-state index in [2.05, 4.69) is 15.3 Å². The number of fused-ring (bicyclic) bond motifs is 2. The summed E-state index contributed by atoms with van der Waals surface area (Å²) in [6.45, 7) is 0. The molecule has 2 N–H and O–H groups in total. The first kappa shape index (κ1) is 17.5. The number of anilines is 1. The summed E-state index contributed by atoms with van der Waals surface area (Å²) in [6, 6.07) is 26.8. The SMILES string of the molecule is O=C(Nc1ccc2ccccc2n1)c1ccc2cc(-c3ccccc3Cl)[nH]c2c1. The maximum Gasteiger partial charge on any atom is 0.256 e. The van der Waals surface area contributed by atoms with Crippen molar-refractivity contribution < 1.29 is 4.79 Å². The van der Waals surface area contributed by atoms with Crippen LogP contribution >= 0.6 is 11.6 Å². The lowest BCUT2D eigenvalue weighted by molar-refractivity contribution is 0.102. The molecule has 4 nitrogen and oxygen atoms in total. The largest absolute Gasteiger partial charge is 0.354 e. The molecular formula is C24H16ClN3O. The number of nitrogens with one attached hydrogen (secondary N) is 2. The Labute approximate surface area is 172 Å². The summed E-state index contributed by atoms with van der Waals surface area (Å²) in [6.07, 6.45) is 0. The summed E-state index contributed by atoms with van der Waals surface area (Å²) in [4.78, 5) is 20.6. The first-order valence-electron chi connectivity index (χ1n) is 9.22. The fourth-order valence-electron chi connectivity index (χ4n) is 3.42. The monoisotopic (exact) mass is 397 g/mol. The molecule has 0 saturated heterocycles. The van der Waals surface area contributed by atoms with Crippen LogP contribution in [0.4, 0.5) is 5.82 Å². The van der Waals surface area contributed by atoms with Crippen LogP contribution < -0.4 is 5.32 Å². The molecule has 140 valence electrons. The molecule has 0 radical (unpaired) electrons. The Morgan fingerprint density at radius 1 is 0.862 bits per heavy atom.